The van der Waals surface area contributed by atoms with Gasteiger partial charge in [-0.15, -0.1) is 5.10 Å². The SMILES string of the molecule is CCCCC(=NC1(C)CCCC1)N(C=O)Cc1ccc(-c2cc(N3CCC(C)C3)ccc2/C(N)=N/NN)cc1. The van der Waals surface area contributed by atoms with E-state index in [-0.39, 0.29) is 5.54 Å². The smallest absolute Gasteiger partial charge is 0.215 e. The van der Waals surface area contributed by atoms with Crippen molar-refractivity contribution in [3.8, 4) is 11.1 Å². The van der Waals surface area contributed by atoms with E-state index in [2.05, 4.69) is 72.7 Å². The summed E-state index contributed by atoms with van der Waals surface area (Å²) in [5.74, 6) is 7.35. The summed E-state index contributed by atoms with van der Waals surface area (Å²) >= 11 is 0. The standard InChI is InChI=1S/C31H45N7O/c1-4-5-8-29(34-31(3)16-6-7-17-31)38(22-39)21-24-9-11-25(12-10-24)28-19-26(37-18-15-23(2)20-37)13-14-27(28)30(32)35-36-33/h9-14,19,22-23,36H,4-8,15-18,20-21,33H2,1-3H3,(H2,32,35). The maximum atomic E-state index is 12.2. The molecular formula is C31H45N7O. The van der Waals surface area contributed by atoms with Crippen molar-refractivity contribution in [1.82, 2.24) is 10.4 Å². The molecule has 0 spiro atoms. The molecule has 5 N–H and O–H groups in total. The third kappa shape index (κ3) is 7.18. The van der Waals surface area contributed by atoms with E-state index in [4.69, 9.17) is 16.6 Å². The number of carbonyl (C=O) groups is 1. The first-order valence-electron chi connectivity index (χ1n) is 14.4. The third-order valence-electron chi connectivity index (χ3n) is 8.16. The molecule has 0 aromatic heterocycles. The number of carbonyl (C=O) groups excluding carboxylic acids is 1. The number of nitrogens with one attached hydrogen (secondary N) is 1. The molecule has 1 aliphatic carbocycles. The lowest BCUT2D eigenvalue weighted by Gasteiger charge is -2.26. The van der Waals surface area contributed by atoms with Gasteiger partial charge in [-0.25, -0.2) is 11.4 Å². The van der Waals surface area contributed by atoms with E-state index in [0.717, 1.165) is 79.7 Å². The van der Waals surface area contributed by atoms with Gasteiger partial charge < -0.3 is 10.6 Å². The maximum absolute atomic E-state index is 12.2. The van der Waals surface area contributed by atoms with Crippen LogP contribution in [0.15, 0.2) is 52.6 Å². The van der Waals surface area contributed by atoms with Crippen molar-refractivity contribution in [2.45, 2.75) is 84.2 Å². The Bertz CT molecular complexity index is 1170. The number of nitrogens with zero attached hydrogens (tertiary/aromatic N) is 4. The zero-order valence-corrected chi connectivity index (χ0v) is 23.8. The average molecular weight is 532 g/mol. The van der Waals surface area contributed by atoms with Gasteiger partial charge >= 0.3 is 0 Å². The van der Waals surface area contributed by atoms with Gasteiger partial charge in [0.1, 0.15) is 5.84 Å². The number of hydrogen-bond acceptors (Lipinski definition) is 6. The summed E-state index contributed by atoms with van der Waals surface area (Å²) in [4.78, 5) is 21.6. The van der Waals surface area contributed by atoms with Crippen LogP contribution in [0, 0.1) is 5.92 Å². The molecule has 1 heterocycles. The Kier molecular flexibility index (Phi) is 9.62. The first-order valence-corrected chi connectivity index (χ1v) is 14.4. The molecule has 0 radical (unpaired) electrons. The van der Waals surface area contributed by atoms with Crippen molar-refractivity contribution in [2.24, 2.45) is 27.6 Å². The number of benzene rings is 2. The van der Waals surface area contributed by atoms with Gasteiger partial charge in [-0.1, -0.05) is 57.4 Å². The highest BCUT2D eigenvalue weighted by molar-refractivity contribution is 6.04. The zero-order chi connectivity index (χ0) is 27.8. The predicted octanol–water partition coefficient (Wildman–Crippen LogP) is 5.16. The van der Waals surface area contributed by atoms with Gasteiger partial charge in [0.15, 0.2) is 5.84 Å². The van der Waals surface area contributed by atoms with Crippen molar-refractivity contribution >= 4 is 23.8 Å². The molecule has 1 amide bonds. The largest absolute Gasteiger partial charge is 0.382 e. The lowest BCUT2D eigenvalue weighted by molar-refractivity contribution is -0.115. The van der Waals surface area contributed by atoms with Gasteiger partial charge in [0.25, 0.3) is 0 Å². The highest BCUT2D eigenvalue weighted by Gasteiger charge is 2.29. The van der Waals surface area contributed by atoms with E-state index in [1.165, 1.54) is 24.9 Å². The molecule has 210 valence electrons. The summed E-state index contributed by atoms with van der Waals surface area (Å²) in [6, 6.07) is 14.7. The number of amidine groups is 2. The molecule has 1 saturated heterocycles. The first-order chi connectivity index (χ1) is 18.9. The number of hydrogen-bond donors (Lipinski definition) is 3. The van der Waals surface area contributed by atoms with E-state index < -0.39 is 0 Å². The van der Waals surface area contributed by atoms with Gasteiger partial charge in [-0.3, -0.25) is 14.7 Å². The van der Waals surface area contributed by atoms with Crippen molar-refractivity contribution < 1.29 is 4.79 Å². The topological polar surface area (TPSA) is 112 Å². The summed E-state index contributed by atoms with van der Waals surface area (Å²) in [7, 11) is 0. The fraction of sp³-hybridized carbons (Fsp3) is 0.516. The highest BCUT2D eigenvalue weighted by Crippen LogP contribution is 2.34. The van der Waals surface area contributed by atoms with E-state index in [9.17, 15) is 4.79 Å². The van der Waals surface area contributed by atoms with Crippen LogP contribution in [0.25, 0.3) is 11.1 Å². The van der Waals surface area contributed by atoms with Crippen LogP contribution in [0.3, 0.4) is 0 Å². The fourth-order valence-corrected chi connectivity index (χ4v) is 5.82. The second-order valence-corrected chi connectivity index (χ2v) is 11.5. The molecule has 1 aliphatic heterocycles. The lowest BCUT2D eigenvalue weighted by Crippen LogP contribution is -2.32. The Morgan fingerprint density at radius 2 is 1.95 bits per heavy atom. The molecule has 2 fully saturated rings. The lowest BCUT2D eigenvalue weighted by atomic mass is 9.97. The van der Waals surface area contributed by atoms with Gasteiger partial charge in [-0.05, 0) is 73.4 Å². The minimum absolute atomic E-state index is 0.0530. The van der Waals surface area contributed by atoms with Crippen LogP contribution in [-0.2, 0) is 11.3 Å². The number of anilines is 1. The minimum Gasteiger partial charge on any atom is -0.382 e. The van der Waals surface area contributed by atoms with Crippen LogP contribution in [0.4, 0.5) is 5.69 Å². The number of aliphatic imine (C=N–C) groups is 1. The molecule has 0 bridgehead atoms. The van der Waals surface area contributed by atoms with E-state index in [1.54, 1.807) is 4.90 Å². The number of nitrogens with two attached hydrogens (primary N) is 2. The van der Waals surface area contributed by atoms with Crippen LogP contribution in [0.1, 0.15) is 83.3 Å². The van der Waals surface area contributed by atoms with Crippen LogP contribution in [-0.4, -0.2) is 41.6 Å². The van der Waals surface area contributed by atoms with Gasteiger partial charge in [0.05, 0.1) is 12.1 Å². The van der Waals surface area contributed by atoms with Crippen LogP contribution in [0.2, 0.25) is 0 Å². The van der Waals surface area contributed by atoms with Crippen molar-refractivity contribution in [3.05, 3.63) is 53.6 Å². The first kappa shape index (κ1) is 28.6. The molecule has 1 saturated carbocycles. The summed E-state index contributed by atoms with van der Waals surface area (Å²) in [6.45, 7) is 9.30. The molecule has 2 aromatic carbocycles. The van der Waals surface area contributed by atoms with Gasteiger partial charge in [0, 0.05) is 30.8 Å². The normalized spacial score (nSPS) is 19.4. The molecule has 8 heteroatoms. The number of amides is 1. The van der Waals surface area contributed by atoms with Gasteiger partial charge in [-0.2, -0.15) is 0 Å². The molecular weight excluding hydrogens is 486 g/mol. The van der Waals surface area contributed by atoms with E-state index in [0.29, 0.717) is 18.3 Å². The van der Waals surface area contributed by atoms with E-state index in [1.807, 2.05) is 6.07 Å². The third-order valence-corrected chi connectivity index (χ3v) is 8.16. The zero-order valence-electron chi connectivity index (χ0n) is 23.8. The molecule has 2 aromatic rings. The summed E-state index contributed by atoms with van der Waals surface area (Å²) in [6.07, 6.45) is 9.65. The molecule has 2 aliphatic rings. The van der Waals surface area contributed by atoms with Crippen LogP contribution in [0.5, 0.6) is 0 Å². The molecule has 39 heavy (non-hydrogen) atoms. The number of rotatable bonds is 11. The summed E-state index contributed by atoms with van der Waals surface area (Å²) < 4.78 is 0. The molecule has 1 unspecified atom stereocenters. The van der Waals surface area contributed by atoms with Crippen molar-refractivity contribution in [1.29, 1.82) is 0 Å². The van der Waals surface area contributed by atoms with E-state index >= 15 is 0 Å². The quantitative estimate of drug-likeness (QED) is 0.122. The van der Waals surface area contributed by atoms with Gasteiger partial charge in [0.2, 0.25) is 6.41 Å². The highest BCUT2D eigenvalue weighted by atomic mass is 16.1. The summed E-state index contributed by atoms with van der Waals surface area (Å²) in [5, 5.41) is 4.03. The summed E-state index contributed by atoms with van der Waals surface area (Å²) in [5.41, 5.74) is 13.6. The second-order valence-electron chi connectivity index (χ2n) is 11.5. The number of hydrazone groups is 1. The Labute approximate surface area is 233 Å². The van der Waals surface area contributed by atoms with Crippen molar-refractivity contribution in [3.63, 3.8) is 0 Å². The van der Waals surface area contributed by atoms with Crippen LogP contribution >= 0.6 is 0 Å². The molecule has 8 nitrogen and oxygen atoms in total. The number of unbranched alkanes of at least 4 members (excludes halogenated alkanes) is 1. The Morgan fingerprint density at radius 3 is 2.56 bits per heavy atom. The molecule has 4 rings (SSSR count). The van der Waals surface area contributed by atoms with Crippen LogP contribution < -0.4 is 22.0 Å². The number of hydrazine groups is 1. The van der Waals surface area contributed by atoms with Crippen molar-refractivity contribution in [2.75, 3.05) is 18.0 Å². The predicted molar refractivity (Wildman–Crippen MR) is 161 cm³/mol. The fourth-order valence-electron chi connectivity index (χ4n) is 5.82. The Hall–Kier alpha value is -3.39. The monoisotopic (exact) mass is 531 g/mol. The Balaban J connectivity index is 1.60. The Morgan fingerprint density at radius 1 is 1.21 bits per heavy atom. The maximum Gasteiger partial charge on any atom is 0.215 e. The average Bonchev–Trinajstić information content (AvgIpc) is 3.58. The second kappa shape index (κ2) is 13.1. The minimum atomic E-state index is -0.0530. The molecule has 1 atom stereocenters.